The van der Waals surface area contributed by atoms with Crippen LogP contribution in [0.1, 0.15) is 0 Å². The van der Waals surface area contributed by atoms with E-state index in [4.69, 9.17) is 15.1 Å². The maximum Gasteiger partial charge on any atom is 0.160 e. The molecule has 286 valence electrons. The molecular formula is C57H38N4. The summed E-state index contributed by atoms with van der Waals surface area (Å²) in [6.07, 6.45) is 0. The van der Waals surface area contributed by atoms with Crippen molar-refractivity contribution in [1.29, 1.82) is 0 Å². The van der Waals surface area contributed by atoms with Crippen LogP contribution in [0.3, 0.4) is 0 Å². The minimum absolute atomic E-state index is 0.687. The molecule has 11 aromatic rings. The van der Waals surface area contributed by atoms with E-state index in [2.05, 4.69) is 223 Å². The Bertz CT molecular complexity index is 3310. The molecular weight excluding hydrogens is 741 g/mol. The van der Waals surface area contributed by atoms with Crippen molar-refractivity contribution in [2.24, 2.45) is 0 Å². The molecule has 0 saturated carbocycles. The number of aromatic nitrogens is 4. The molecule has 0 aliphatic carbocycles. The van der Waals surface area contributed by atoms with E-state index in [1.54, 1.807) is 0 Å². The Hall–Kier alpha value is -8.21. The van der Waals surface area contributed by atoms with Crippen LogP contribution >= 0.6 is 0 Å². The third kappa shape index (κ3) is 6.76. The van der Waals surface area contributed by atoms with Gasteiger partial charge >= 0.3 is 0 Å². The van der Waals surface area contributed by atoms with Gasteiger partial charge in [0.1, 0.15) is 5.69 Å². The number of hydrogen-bond acceptors (Lipinski definition) is 3. The van der Waals surface area contributed by atoms with Gasteiger partial charge in [-0.2, -0.15) is 5.10 Å². The minimum Gasteiger partial charge on any atom is -0.232 e. The van der Waals surface area contributed by atoms with E-state index >= 15 is 0 Å². The van der Waals surface area contributed by atoms with Gasteiger partial charge in [-0.25, -0.2) is 14.6 Å². The molecule has 0 aliphatic rings. The molecule has 0 fully saturated rings. The first-order chi connectivity index (χ1) is 30.2. The number of para-hydroxylation sites is 1. The molecule has 0 amide bonds. The van der Waals surface area contributed by atoms with Gasteiger partial charge in [-0.05, 0) is 69.1 Å². The van der Waals surface area contributed by atoms with E-state index in [-0.39, 0.29) is 0 Å². The second-order valence-electron chi connectivity index (χ2n) is 15.2. The highest BCUT2D eigenvalue weighted by atomic mass is 15.3. The van der Waals surface area contributed by atoms with Crippen molar-refractivity contribution >= 4 is 21.7 Å². The second kappa shape index (κ2) is 15.5. The van der Waals surface area contributed by atoms with Crippen molar-refractivity contribution in [2.75, 3.05) is 0 Å². The molecule has 0 aliphatic heterocycles. The fourth-order valence-corrected chi connectivity index (χ4v) is 8.50. The number of hydrogen-bond donors (Lipinski definition) is 0. The quantitative estimate of drug-likeness (QED) is 0.154. The Labute approximate surface area is 354 Å². The molecule has 4 nitrogen and oxygen atoms in total. The van der Waals surface area contributed by atoms with Crippen LogP contribution in [0.25, 0.3) is 106 Å². The Morgan fingerprint density at radius 1 is 0.311 bits per heavy atom. The molecule has 0 unspecified atom stereocenters. The molecule has 61 heavy (non-hydrogen) atoms. The smallest absolute Gasteiger partial charge is 0.160 e. The lowest BCUT2D eigenvalue weighted by molar-refractivity contribution is 0.918. The highest BCUT2D eigenvalue weighted by Gasteiger charge is 2.23. The van der Waals surface area contributed by atoms with Crippen LogP contribution in [0.2, 0.25) is 0 Å². The van der Waals surface area contributed by atoms with Crippen molar-refractivity contribution in [3.8, 4) is 84.2 Å². The summed E-state index contributed by atoms with van der Waals surface area (Å²) in [4.78, 5) is 10.3. The number of benzene rings is 9. The predicted molar refractivity (Wildman–Crippen MR) is 252 cm³/mol. The molecule has 4 heteroatoms. The summed E-state index contributed by atoms with van der Waals surface area (Å²) < 4.78 is 2.14. The van der Waals surface area contributed by atoms with Crippen LogP contribution < -0.4 is 0 Å². The van der Waals surface area contributed by atoms with Crippen LogP contribution in [0.4, 0.5) is 0 Å². The molecule has 9 aromatic carbocycles. The Morgan fingerprint density at radius 3 is 1.46 bits per heavy atom. The maximum atomic E-state index is 5.45. The molecule has 0 atom stereocenters. The molecule has 0 N–H and O–H groups in total. The monoisotopic (exact) mass is 778 g/mol. The molecule has 0 saturated heterocycles. The summed E-state index contributed by atoms with van der Waals surface area (Å²) in [6, 6.07) is 80.9. The zero-order valence-corrected chi connectivity index (χ0v) is 33.2. The van der Waals surface area contributed by atoms with Gasteiger partial charge in [0.05, 0.1) is 22.6 Å². The Kier molecular flexibility index (Phi) is 9.14. The molecule has 0 spiro atoms. The highest BCUT2D eigenvalue weighted by Crippen LogP contribution is 2.45. The molecule has 2 heterocycles. The summed E-state index contributed by atoms with van der Waals surface area (Å²) in [7, 11) is 0. The average molecular weight is 779 g/mol. The van der Waals surface area contributed by atoms with E-state index in [1.807, 2.05) is 12.1 Å². The van der Waals surface area contributed by atoms with Gasteiger partial charge in [-0.3, -0.25) is 0 Å². The van der Waals surface area contributed by atoms with Crippen LogP contribution in [-0.4, -0.2) is 19.7 Å². The molecule has 11 rings (SSSR count). The lowest BCUT2D eigenvalue weighted by Crippen LogP contribution is -1.98. The molecule has 0 bridgehead atoms. The average Bonchev–Trinajstić information content (AvgIpc) is 3.76. The summed E-state index contributed by atoms with van der Waals surface area (Å²) in [5.41, 5.74) is 15.7. The van der Waals surface area contributed by atoms with Gasteiger partial charge in [-0.1, -0.05) is 200 Å². The van der Waals surface area contributed by atoms with Crippen LogP contribution in [0, 0.1) is 0 Å². The first-order valence-corrected chi connectivity index (χ1v) is 20.6. The van der Waals surface area contributed by atoms with Crippen molar-refractivity contribution in [2.45, 2.75) is 0 Å². The van der Waals surface area contributed by atoms with Crippen LogP contribution in [0.5, 0.6) is 0 Å². The number of nitrogens with zero attached hydrogens (tertiary/aromatic N) is 4. The maximum absolute atomic E-state index is 5.45. The fourth-order valence-electron chi connectivity index (χ4n) is 8.50. The van der Waals surface area contributed by atoms with Crippen molar-refractivity contribution in [1.82, 2.24) is 19.7 Å². The number of fused-ring (bicyclic) bond motifs is 3. The highest BCUT2D eigenvalue weighted by molar-refractivity contribution is 6.21. The normalized spacial score (nSPS) is 11.3. The van der Waals surface area contributed by atoms with E-state index < -0.39 is 0 Å². The van der Waals surface area contributed by atoms with E-state index in [1.165, 1.54) is 0 Å². The SMILES string of the molecule is c1ccc(-c2cccc(-c3nc(-c4ccccc4)cc(-c4ccc(-c5cccc6cc(-c7ccccc7)c7c(-c8ccccc8)nn(-c8ccccc8)c7c56)cc4)n3)c2)cc1. The van der Waals surface area contributed by atoms with Gasteiger partial charge in [0.2, 0.25) is 0 Å². The first kappa shape index (κ1) is 35.9. The Morgan fingerprint density at radius 2 is 0.803 bits per heavy atom. The molecule has 0 radical (unpaired) electrons. The summed E-state index contributed by atoms with van der Waals surface area (Å²) >= 11 is 0. The van der Waals surface area contributed by atoms with Crippen molar-refractivity contribution in [3.05, 3.63) is 231 Å². The fraction of sp³-hybridized carbons (Fsp3) is 0. The van der Waals surface area contributed by atoms with E-state index in [9.17, 15) is 0 Å². The largest absolute Gasteiger partial charge is 0.232 e. The van der Waals surface area contributed by atoms with Gasteiger partial charge in [0, 0.05) is 33.0 Å². The Balaban J connectivity index is 1.09. The predicted octanol–water partition coefficient (Wildman–Crippen LogP) is 14.6. The second-order valence-corrected chi connectivity index (χ2v) is 15.2. The van der Waals surface area contributed by atoms with E-state index in [0.29, 0.717) is 5.82 Å². The first-order valence-electron chi connectivity index (χ1n) is 20.6. The standard InChI is InChI=1S/C57H38N4/c1-6-18-39(19-7-1)45-26-16-28-47(36-45)57-58-51(42-22-10-3-11-23-42)38-52(59-57)43-34-32-41(33-35-43)49-31-17-27-46-37-50(40-20-8-2-9-21-40)54-55(44-24-12-4-13-25-44)60-61(56(54)53(46)49)48-29-14-5-15-30-48/h1-38H. The van der Waals surface area contributed by atoms with E-state index in [0.717, 1.165) is 100 Å². The lowest BCUT2D eigenvalue weighted by Gasteiger charge is -2.15. The number of rotatable bonds is 8. The van der Waals surface area contributed by atoms with Gasteiger partial charge in [-0.15, -0.1) is 0 Å². The van der Waals surface area contributed by atoms with Gasteiger partial charge < -0.3 is 0 Å². The zero-order valence-electron chi connectivity index (χ0n) is 33.2. The molecule has 2 aromatic heterocycles. The van der Waals surface area contributed by atoms with Crippen LogP contribution in [-0.2, 0) is 0 Å². The van der Waals surface area contributed by atoms with Gasteiger partial charge in [0.25, 0.3) is 0 Å². The summed E-state index contributed by atoms with van der Waals surface area (Å²) in [5, 5.41) is 8.87. The lowest BCUT2D eigenvalue weighted by atomic mass is 9.90. The third-order valence-corrected chi connectivity index (χ3v) is 11.4. The summed E-state index contributed by atoms with van der Waals surface area (Å²) in [6.45, 7) is 0. The topological polar surface area (TPSA) is 43.6 Å². The van der Waals surface area contributed by atoms with Crippen molar-refractivity contribution in [3.63, 3.8) is 0 Å². The zero-order chi connectivity index (χ0) is 40.5. The van der Waals surface area contributed by atoms with Crippen LogP contribution in [0.15, 0.2) is 231 Å². The van der Waals surface area contributed by atoms with Gasteiger partial charge in [0.15, 0.2) is 5.82 Å². The third-order valence-electron chi connectivity index (χ3n) is 11.4. The summed E-state index contributed by atoms with van der Waals surface area (Å²) in [5.74, 6) is 0.687. The van der Waals surface area contributed by atoms with Crippen molar-refractivity contribution < 1.29 is 0 Å². The minimum atomic E-state index is 0.687.